The predicted octanol–water partition coefficient (Wildman–Crippen LogP) is 0.314. The maximum atomic E-state index is 13.5. The van der Waals surface area contributed by atoms with Crippen molar-refractivity contribution in [1.82, 2.24) is 4.72 Å². The summed E-state index contributed by atoms with van der Waals surface area (Å²) < 4.78 is 95.0. The van der Waals surface area contributed by atoms with Crippen molar-refractivity contribution in [1.29, 1.82) is 0 Å². The quantitative estimate of drug-likeness (QED) is 0.772. The molecule has 0 saturated carbocycles. The summed E-state index contributed by atoms with van der Waals surface area (Å²) in [7, 11) is -9.03. The fraction of sp³-hybridized carbons (Fsp3) is 0.250. The van der Waals surface area contributed by atoms with E-state index in [0.29, 0.717) is 18.2 Å². The van der Waals surface area contributed by atoms with Gasteiger partial charge >= 0.3 is 6.18 Å². The lowest BCUT2D eigenvalue weighted by molar-refractivity contribution is -0.121. The minimum absolute atomic E-state index is 0.303. The van der Waals surface area contributed by atoms with E-state index in [1.54, 1.807) is 0 Å². The zero-order valence-electron chi connectivity index (χ0n) is 9.48. The summed E-state index contributed by atoms with van der Waals surface area (Å²) in [4.78, 5) is -1.82. The van der Waals surface area contributed by atoms with Gasteiger partial charge in [-0.2, -0.15) is 13.2 Å². The summed E-state index contributed by atoms with van der Waals surface area (Å²) in [6.07, 6.45) is -4.82. The Hall–Kier alpha value is -1.24. The van der Waals surface area contributed by atoms with E-state index in [-0.39, 0.29) is 0 Å². The summed E-state index contributed by atoms with van der Waals surface area (Å²) in [6.45, 7) is -1.88. The molecule has 0 amide bonds. The molecule has 0 saturated heterocycles. The molecule has 0 aliphatic rings. The summed E-state index contributed by atoms with van der Waals surface area (Å²) in [6, 6.07) is 1.48. The van der Waals surface area contributed by atoms with Crippen molar-refractivity contribution in [2.75, 3.05) is 6.54 Å². The number of primary sulfonamides is 1. The van der Waals surface area contributed by atoms with Crippen LogP contribution in [0.5, 0.6) is 0 Å². The van der Waals surface area contributed by atoms with Crippen molar-refractivity contribution in [3.05, 3.63) is 24.0 Å². The van der Waals surface area contributed by atoms with Gasteiger partial charge in [-0.15, -0.1) is 0 Å². The van der Waals surface area contributed by atoms with E-state index in [4.69, 9.17) is 5.14 Å². The first-order valence-electron chi connectivity index (χ1n) is 4.72. The predicted molar refractivity (Wildman–Crippen MR) is 59.0 cm³/mol. The summed E-state index contributed by atoms with van der Waals surface area (Å²) >= 11 is 0. The molecule has 1 rings (SSSR count). The van der Waals surface area contributed by atoms with Crippen LogP contribution in [0.1, 0.15) is 0 Å². The highest BCUT2D eigenvalue weighted by Gasteiger charge is 2.31. The maximum absolute atomic E-state index is 13.5. The van der Waals surface area contributed by atoms with Crippen molar-refractivity contribution in [3.63, 3.8) is 0 Å². The molecule has 0 fully saturated rings. The Kier molecular flexibility index (Phi) is 4.43. The van der Waals surface area contributed by atoms with E-state index < -0.39 is 48.4 Å². The Morgan fingerprint density at radius 2 is 1.70 bits per heavy atom. The van der Waals surface area contributed by atoms with Gasteiger partial charge < -0.3 is 0 Å². The second kappa shape index (κ2) is 5.27. The maximum Gasteiger partial charge on any atom is 0.402 e. The molecule has 0 aliphatic heterocycles. The Labute approximate surface area is 111 Å². The highest BCUT2D eigenvalue weighted by Crippen LogP contribution is 2.19. The topological polar surface area (TPSA) is 106 Å². The zero-order valence-corrected chi connectivity index (χ0v) is 11.1. The molecular formula is C8H8F4N2O4S2. The summed E-state index contributed by atoms with van der Waals surface area (Å²) in [5, 5.41) is 4.69. The minimum Gasteiger partial charge on any atom is -0.225 e. The summed E-state index contributed by atoms with van der Waals surface area (Å²) in [5.41, 5.74) is 0. The largest absolute Gasteiger partial charge is 0.402 e. The Bertz CT molecular complexity index is 712. The highest BCUT2D eigenvalue weighted by molar-refractivity contribution is 7.89. The van der Waals surface area contributed by atoms with Gasteiger partial charge in [0.2, 0.25) is 20.0 Å². The molecule has 0 aliphatic carbocycles. The number of sulfonamides is 2. The number of nitrogens with two attached hydrogens (primary N) is 1. The number of hydrogen-bond donors (Lipinski definition) is 2. The van der Waals surface area contributed by atoms with Crippen LogP contribution in [0, 0.1) is 5.82 Å². The van der Waals surface area contributed by atoms with E-state index in [1.165, 1.54) is 0 Å². The highest BCUT2D eigenvalue weighted by atomic mass is 32.2. The fourth-order valence-electron chi connectivity index (χ4n) is 1.13. The van der Waals surface area contributed by atoms with Crippen LogP contribution in [-0.2, 0) is 20.0 Å². The van der Waals surface area contributed by atoms with Gasteiger partial charge in [0.05, 0.1) is 4.90 Å². The van der Waals surface area contributed by atoms with Gasteiger partial charge in [0.1, 0.15) is 17.3 Å². The lowest BCUT2D eigenvalue weighted by Crippen LogP contribution is -2.34. The molecule has 0 heterocycles. The van der Waals surface area contributed by atoms with Crippen molar-refractivity contribution >= 4 is 20.0 Å². The Morgan fingerprint density at radius 1 is 1.15 bits per heavy atom. The van der Waals surface area contributed by atoms with Crippen molar-refractivity contribution in [2.24, 2.45) is 5.14 Å². The lowest BCUT2D eigenvalue weighted by atomic mass is 10.3. The number of alkyl halides is 3. The second-order valence-electron chi connectivity index (χ2n) is 3.58. The van der Waals surface area contributed by atoms with Crippen molar-refractivity contribution < 1.29 is 34.4 Å². The van der Waals surface area contributed by atoms with Crippen LogP contribution in [0.3, 0.4) is 0 Å². The van der Waals surface area contributed by atoms with E-state index in [9.17, 15) is 34.4 Å². The third kappa shape index (κ3) is 4.40. The number of nitrogens with one attached hydrogen (secondary N) is 1. The van der Waals surface area contributed by atoms with Crippen LogP contribution < -0.4 is 9.86 Å². The van der Waals surface area contributed by atoms with E-state index in [1.807, 2.05) is 0 Å². The van der Waals surface area contributed by atoms with E-state index in [2.05, 4.69) is 0 Å². The van der Waals surface area contributed by atoms with Gasteiger partial charge in [0.15, 0.2) is 0 Å². The SMILES string of the molecule is NS(=O)(=O)c1ccc(S(=O)(=O)NCC(F)(F)F)c(F)c1. The molecule has 1 aromatic rings. The van der Waals surface area contributed by atoms with Gasteiger partial charge in [-0.3, -0.25) is 0 Å². The van der Waals surface area contributed by atoms with Gasteiger partial charge in [0, 0.05) is 0 Å². The minimum atomic E-state index is -4.82. The molecule has 0 unspecified atom stereocenters. The van der Waals surface area contributed by atoms with Crippen LogP contribution in [0.15, 0.2) is 28.0 Å². The third-order valence-electron chi connectivity index (χ3n) is 1.98. The monoisotopic (exact) mass is 336 g/mol. The Balaban J connectivity index is 3.15. The summed E-state index contributed by atoms with van der Waals surface area (Å²) in [5.74, 6) is -1.54. The van der Waals surface area contributed by atoms with Gasteiger partial charge in [0.25, 0.3) is 0 Å². The fourth-order valence-corrected chi connectivity index (χ4v) is 2.73. The van der Waals surface area contributed by atoms with Crippen LogP contribution >= 0.6 is 0 Å². The van der Waals surface area contributed by atoms with Crippen molar-refractivity contribution in [3.8, 4) is 0 Å². The van der Waals surface area contributed by atoms with Crippen LogP contribution in [-0.4, -0.2) is 29.6 Å². The van der Waals surface area contributed by atoms with E-state index >= 15 is 0 Å². The van der Waals surface area contributed by atoms with Crippen LogP contribution in [0.4, 0.5) is 17.6 Å². The molecule has 0 radical (unpaired) electrons. The molecule has 0 aromatic heterocycles. The molecule has 6 nitrogen and oxygen atoms in total. The van der Waals surface area contributed by atoms with E-state index in [0.717, 1.165) is 4.72 Å². The molecule has 0 spiro atoms. The van der Waals surface area contributed by atoms with Gasteiger partial charge in [-0.1, -0.05) is 0 Å². The second-order valence-corrected chi connectivity index (χ2v) is 6.87. The molecule has 0 bridgehead atoms. The number of hydrogen-bond acceptors (Lipinski definition) is 4. The molecule has 3 N–H and O–H groups in total. The van der Waals surface area contributed by atoms with Gasteiger partial charge in [-0.05, 0) is 18.2 Å². The Morgan fingerprint density at radius 3 is 2.10 bits per heavy atom. The zero-order chi connectivity index (χ0) is 15.8. The first-order valence-corrected chi connectivity index (χ1v) is 7.75. The number of rotatable bonds is 4. The standard InChI is InChI=1S/C8H8F4N2O4S2/c9-6-3-5(19(13,15)16)1-2-7(6)20(17,18)14-4-8(10,11)12/h1-3,14H,4H2,(H2,13,15,16). The van der Waals surface area contributed by atoms with Crippen molar-refractivity contribution in [2.45, 2.75) is 16.0 Å². The average Bonchev–Trinajstić information content (AvgIpc) is 2.24. The average molecular weight is 336 g/mol. The van der Waals surface area contributed by atoms with Gasteiger partial charge in [-0.25, -0.2) is 31.1 Å². The molecule has 114 valence electrons. The third-order valence-corrected chi connectivity index (χ3v) is 4.33. The smallest absolute Gasteiger partial charge is 0.225 e. The molecular weight excluding hydrogens is 328 g/mol. The number of halogens is 4. The normalized spacial score (nSPS) is 13.4. The first-order chi connectivity index (χ1) is 8.83. The molecule has 20 heavy (non-hydrogen) atoms. The first kappa shape index (κ1) is 16.8. The molecule has 12 heteroatoms. The van der Waals surface area contributed by atoms with Crippen LogP contribution in [0.25, 0.3) is 0 Å². The molecule has 1 aromatic carbocycles. The number of benzene rings is 1. The molecule has 0 atom stereocenters. The van der Waals surface area contributed by atoms with Crippen LogP contribution in [0.2, 0.25) is 0 Å². The lowest BCUT2D eigenvalue weighted by Gasteiger charge is -2.10.